The fraction of sp³-hybridized carbons (Fsp3) is 0. The third-order valence-electron chi connectivity index (χ3n) is 1.59. The molecule has 1 aromatic carbocycles. The lowest BCUT2D eigenvalue weighted by molar-refractivity contribution is -0.660. The normalized spacial score (nSPS) is 15.7. The van der Waals surface area contributed by atoms with Crippen LogP contribution in [0.15, 0.2) is 24.3 Å². The summed E-state index contributed by atoms with van der Waals surface area (Å²) in [6, 6.07) is 7.75. The van der Waals surface area contributed by atoms with Gasteiger partial charge in [0.25, 0.3) is 0 Å². The van der Waals surface area contributed by atoms with Crippen LogP contribution in [0, 0.1) is 5.21 Å². The molecule has 2 nitrogen and oxygen atoms in total. The summed E-state index contributed by atoms with van der Waals surface area (Å²) < 4.78 is 0. The highest BCUT2D eigenvalue weighted by Gasteiger charge is 1.96. The van der Waals surface area contributed by atoms with Gasteiger partial charge in [0.05, 0.1) is 0 Å². The Hall–Kier alpha value is -1.12. The Balaban J connectivity index is 2.83. The first-order valence-corrected chi connectivity index (χ1v) is 3.19. The lowest BCUT2D eigenvalue weighted by Gasteiger charge is -2.04. The molecule has 0 saturated carbocycles. The van der Waals surface area contributed by atoms with Gasteiger partial charge in [0.1, 0.15) is 12.4 Å². The molecule has 0 saturated heterocycles. The third kappa shape index (κ3) is 0.744. The average Bonchev–Trinajstić information content (AvgIpc) is 2.27. The minimum Gasteiger partial charge on any atom is -0.624 e. The number of nitrogens with one attached hydrogen (secondary N) is 1. The minimum absolute atomic E-state index is 0.0983. The Bertz CT molecular complexity index is 321. The van der Waals surface area contributed by atoms with Crippen molar-refractivity contribution < 1.29 is 5.06 Å². The molecular formula is C8H7NO. The lowest BCUT2D eigenvalue weighted by atomic mass is 10.3. The van der Waals surface area contributed by atoms with E-state index >= 15 is 0 Å². The van der Waals surface area contributed by atoms with Crippen LogP contribution in [0.5, 0.6) is 0 Å². The summed E-state index contributed by atoms with van der Waals surface area (Å²) in [5, 5.41) is 13.0. The molecule has 1 aromatic rings. The first-order chi connectivity index (χ1) is 4.86. The standard InChI is InChI=1S/C8H7NO/c10-9-5-7-3-1-2-4-8(7)6-9/h1-6,9H. The maximum atomic E-state index is 10.8. The van der Waals surface area contributed by atoms with E-state index in [0.29, 0.717) is 0 Å². The van der Waals surface area contributed by atoms with Crippen molar-refractivity contribution in [2.45, 2.75) is 0 Å². The number of hydroxylamine groups is 2. The van der Waals surface area contributed by atoms with Crippen molar-refractivity contribution in [3.8, 4) is 0 Å². The Morgan fingerprint density at radius 1 is 1.00 bits per heavy atom. The summed E-state index contributed by atoms with van der Waals surface area (Å²) in [6.07, 6.45) is 3.30. The van der Waals surface area contributed by atoms with Crippen molar-refractivity contribution in [3.05, 3.63) is 39.9 Å². The zero-order valence-corrected chi connectivity index (χ0v) is 5.37. The Morgan fingerprint density at radius 3 is 2.00 bits per heavy atom. The quantitative estimate of drug-likeness (QED) is 0.431. The van der Waals surface area contributed by atoms with Crippen LogP contribution < -0.4 is 15.5 Å². The second-order valence-electron chi connectivity index (χ2n) is 2.32. The summed E-state index contributed by atoms with van der Waals surface area (Å²) in [6.45, 7) is 0. The van der Waals surface area contributed by atoms with Crippen LogP contribution in [-0.2, 0) is 0 Å². The highest BCUT2D eigenvalue weighted by atomic mass is 16.5. The molecule has 0 amide bonds. The zero-order chi connectivity index (χ0) is 6.97. The molecule has 0 aromatic heterocycles. The van der Waals surface area contributed by atoms with Crippen molar-refractivity contribution in [1.82, 2.24) is 0 Å². The topological polar surface area (TPSA) is 27.5 Å². The SMILES string of the molecule is [O-][NH+]1C=c2ccccc2=C1. The van der Waals surface area contributed by atoms with Crippen LogP contribution in [0.1, 0.15) is 0 Å². The van der Waals surface area contributed by atoms with E-state index in [0.717, 1.165) is 10.4 Å². The number of rotatable bonds is 0. The predicted octanol–water partition coefficient (Wildman–Crippen LogP) is -1.44. The number of hydrogen-bond acceptors (Lipinski definition) is 1. The van der Waals surface area contributed by atoms with Gasteiger partial charge in [-0.1, -0.05) is 12.1 Å². The van der Waals surface area contributed by atoms with E-state index in [1.807, 2.05) is 24.3 Å². The van der Waals surface area contributed by atoms with Gasteiger partial charge in [-0.15, -0.1) is 0 Å². The van der Waals surface area contributed by atoms with Crippen LogP contribution in [0.3, 0.4) is 0 Å². The maximum absolute atomic E-state index is 10.8. The molecular weight excluding hydrogens is 126 g/mol. The summed E-state index contributed by atoms with van der Waals surface area (Å²) in [4.78, 5) is 0. The molecule has 10 heavy (non-hydrogen) atoms. The van der Waals surface area contributed by atoms with Crippen molar-refractivity contribution in [2.75, 3.05) is 0 Å². The number of benzene rings is 1. The van der Waals surface area contributed by atoms with Crippen molar-refractivity contribution in [2.24, 2.45) is 0 Å². The van der Waals surface area contributed by atoms with Gasteiger partial charge in [-0.25, -0.2) is 0 Å². The molecule has 1 aliphatic rings. The number of quaternary nitrogens is 1. The van der Waals surface area contributed by atoms with Crippen LogP contribution in [0.25, 0.3) is 12.4 Å². The summed E-state index contributed by atoms with van der Waals surface area (Å²) in [5.74, 6) is 0. The van der Waals surface area contributed by atoms with Gasteiger partial charge in [0, 0.05) is 10.4 Å². The van der Waals surface area contributed by atoms with Crippen molar-refractivity contribution in [1.29, 1.82) is 0 Å². The Kier molecular flexibility index (Phi) is 1.09. The first-order valence-electron chi connectivity index (χ1n) is 3.19. The molecule has 0 atom stereocenters. The van der Waals surface area contributed by atoms with Crippen LogP contribution in [0.4, 0.5) is 0 Å². The van der Waals surface area contributed by atoms with Gasteiger partial charge in [-0.2, -0.15) is 0 Å². The number of hydrogen-bond donors (Lipinski definition) is 1. The van der Waals surface area contributed by atoms with E-state index in [2.05, 4.69) is 0 Å². The molecule has 50 valence electrons. The van der Waals surface area contributed by atoms with Gasteiger partial charge in [0.2, 0.25) is 0 Å². The monoisotopic (exact) mass is 133 g/mol. The third-order valence-corrected chi connectivity index (χ3v) is 1.59. The maximum Gasteiger partial charge on any atom is 0.107 e. The van der Waals surface area contributed by atoms with Crippen molar-refractivity contribution in [3.63, 3.8) is 0 Å². The van der Waals surface area contributed by atoms with Crippen LogP contribution in [0.2, 0.25) is 0 Å². The van der Waals surface area contributed by atoms with Gasteiger partial charge in [-0.3, -0.25) is 0 Å². The van der Waals surface area contributed by atoms with Gasteiger partial charge >= 0.3 is 0 Å². The second kappa shape index (κ2) is 1.94. The van der Waals surface area contributed by atoms with E-state index in [-0.39, 0.29) is 5.06 Å². The van der Waals surface area contributed by atoms with Crippen LogP contribution >= 0.6 is 0 Å². The lowest BCUT2D eigenvalue weighted by Crippen LogP contribution is -2.95. The second-order valence-corrected chi connectivity index (χ2v) is 2.32. The molecule has 1 heterocycles. The van der Waals surface area contributed by atoms with Gasteiger partial charge < -0.3 is 10.3 Å². The fourth-order valence-corrected chi connectivity index (χ4v) is 1.12. The summed E-state index contributed by atoms with van der Waals surface area (Å²) in [7, 11) is 0. The van der Waals surface area contributed by atoms with E-state index in [1.165, 1.54) is 0 Å². The highest BCUT2D eigenvalue weighted by Crippen LogP contribution is 1.71. The molecule has 0 spiro atoms. The summed E-state index contributed by atoms with van der Waals surface area (Å²) in [5.41, 5.74) is 0. The highest BCUT2D eigenvalue weighted by molar-refractivity contribution is 5.31. The van der Waals surface area contributed by atoms with Gasteiger partial charge in [-0.05, 0) is 12.1 Å². The molecule has 2 heteroatoms. The average molecular weight is 133 g/mol. The van der Waals surface area contributed by atoms with Gasteiger partial charge in [0.15, 0.2) is 0 Å². The smallest absolute Gasteiger partial charge is 0.107 e. The zero-order valence-electron chi connectivity index (χ0n) is 5.37. The predicted molar refractivity (Wildman–Crippen MR) is 39.0 cm³/mol. The Morgan fingerprint density at radius 2 is 1.50 bits per heavy atom. The first kappa shape index (κ1) is 5.65. The van der Waals surface area contributed by atoms with E-state index in [1.54, 1.807) is 12.4 Å². The molecule has 0 unspecified atom stereocenters. The molecule has 0 fully saturated rings. The molecule has 0 bridgehead atoms. The minimum atomic E-state index is 0.0983. The summed E-state index contributed by atoms with van der Waals surface area (Å²) >= 11 is 0. The Labute approximate surface area is 58.3 Å². The van der Waals surface area contributed by atoms with Crippen LogP contribution in [-0.4, -0.2) is 0 Å². The fourth-order valence-electron chi connectivity index (χ4n) is 1.12. The van der Waals surface area contributed by atoms with E-state index in [9.17, 15) is 5.21 Å². The molecule has 2 rings (SSSR count). The molecule has 0 aliphatic carbocycles. The molecule has 1 N–H and O–H groups in total. The molecule has 1 aliphatic heterocycles. The van der Waals surface area contributed by atoms with Crippen molar-refractivity contribution >= 4 is 12.4 Å². The largest absolute Gasteiger partial charge is 0.624 e. The van der Waals surface area contributed by atoms with E-state index in [4.69, 9.17) is 0 Å². The molecule has 0 radical (unpaired) electrons. The van der Waals surface area contributed by atoms with E-state index < -0.39 is 0 Å². The number of fused-ring (bicyclic) bond motifs is 1.